The molecule has 3 nitrogen and oxygen atoms in total. The van der Waals surface area contributed by atoms with E-state index in [1.54, 1.807) is 7.11 Å². The summed E-state index contributed by atoms with van der Waals surface area (Å²) in [7, 11) is 3.87. The number of aromatic nitrogens is 1. The van der Waals surface area contributed by atoms with E-state index in [9.17, 15) is 0 Å². The van der Waals surface area contributed by atoms with Gasteiger partial charge in [0.2, 0.25) is 0 Å². The second kappa shape index (κ2) is 6.42. The van der Waals surface area contributed by atoms with Gasteiger partial charge in [-0.3, -0.25) is 0 Å². The fourth-order valence-electron chi connectivity index (χ4n) is 2.57. The van der Waals surface area contributed by atoms with E-state index in [4.69, 9.17) is 4.74 Å². The van der Waals surface area contributed by atoms with Crippen LogP contribution in [-0.4, -0.2) is 24.8 Å². The van der Waals surface area contributed by atoms with Crippen molar-refractivity contribution in [1.29, 1.82) is 0 Å². The highest BCUT2D eigenvalue weighted by Crippen LogP contribution is 2.22. The minimum absolute atomic E-state index is 0.264. The molecule has 0 aliphatic heterocycles. The van der Waals surface area contributed by atoms with Gasteiger partial charge >= 0.3 is 0 Å². The lowest BCUT2D eigenvalue weighted by molar-refractivity contribution is 0.150. The molecule has 0 aliphatic rings. The van der Waals surface area contributed by atoms with Crippen molar-refractivity contribution in [2.24, 2.45) is 12.5 Å². The number of aryl methyl sites for hydroxylation is 1. The van der Waals surface area contributed by atoms with E-state index in [1.807, 2.05) is 0 Å². The minimum atomic E-state index is 0.264. The Morgan fingerprint density at radius 2 is 2.00 bits per heavy atom. The molecule has 0 aliphatic carbocycles. The Balaban J connectivity index is 1.96. The lowest BCUT2D eigenvalue weighted by Gasteiger charge is -2.24. The second-order valence-electron chi connectivity index (χ2n) is 6.29. The molecule has 0 atom stereocenters. The van der Waals surface area contributed by atoms with E-state index in [2.05, 4.69) is 61.2 Å². The predicted molar refractivity (Wildman–Crippen MR) is 84.9 cm³/mol. The van der Waals surface area contributed by atoms with Crippen LogP contribution in [0.25, 0.3) is 10.9 Å². The standard InChI is InChI=1S/C17H26N2O/c1-17(2,9-10-20-4)13-18-11-14-12-19(3)16-8-6-5-7-15(14)16/h5-8,12,18H,9-11,13H2,1-4H3. The van der Waals surface area contributed by atoms with Crippen LogP contribution in [0.3, 0.4) is 0 Å². The minimum Gasteiger partial charge on any atom is -0.385 e. The molecule has 3 heteroatoms. The molecule has 0 unspecified atom stereocenters. The van der Waals surface area contributed by atoms with Crippen molar-refractivity contribution in [3.8, 4) is 0 Å². The average molecular weight is 274 g/mol. The van der Waals surface area contributed by atoms with Gasteiger partial charge in [-0.1, -0.05) is 32.0 Å². The van der Waals surface area contributed by atoms with Crippen LogP contribution in [0.15, 0.2) is 30.5 Å². The Kier molecular flexibility index (Phi) is 4.84. The lowest BCUT2D eigenvalue weighted by Crippen LogP contribution is -2.30. The summed E-state index contributed by atoms with van der Waals surface area (Å²) in [6.07, 6.45) is 3.30. The van der Waals surface area contributed by atoms with Gasteiger partial charge in [0.15, 0.2) is 0 Å². The van der Waals surface area contributed by atoms with Gasteiger partial charge in [0.1, 0.15) is 0 Å². The molecule has 110 valence electrons. The summed E-state index contributed by atoms with van der Waals surface area (Å²) in [5.41, 5.74) is 2.93. The number of nitrogens with one attached hydrogen (secondary N) is 1. The SMILES string of the molecule is COCCC(C)(C)CNCc1cn(C)c2ccccc12. The smallest absolute Gasteiger partial charge is 0.0481 e. The topological polar surface area (TPSA) is 26.2 Å². The zero-order chi connectivity index (χ0) is 14.6. The molecule has 0 saturated carbocycles. The molecule has 0 radical (unpaired) electrons. The average Bonchev–Trinajstić information content (AvgIpc) is 2.74. The first-order valence-electron chi connectivity index (χ1n) is 7.26. The van der Waals surface area contributed by atoms with Gasteiger partial charge in [0, 0.05) is 51.0 Å². The van der Waals surface area contributed by atoms with E-state index >= 15 is 0 Å². The summed E-state index contributed by atoms with van der Waals surface area (Å²) < 4.78 is 7.37. The van der Waals surface area contributed by atoms with Gasteiger partial charge < -0.3 is 14.6 Å². The van der Waals surface area contributed by atoms with Gasteiger partial charge in [0.05, 0.1) is 0 Å². The van der Waals surface area contributed by atoms with E-state index in [0.717, 1.165) is 26.1 Å². The summed E-state index contributed by atoms with van der Waals surface area (Å²) in [6, 6.07) is 8.56. The van der Waals surface area contributed by atoms with Crippen molar-refractivity contribution in [1.82, 2.24) is 9.88 Å². The highest BCUT2D eigenvalue weighted by Gasteiger charge is 2.17. The zero-order valence-corrected chi connectivity index (χ0v) is 13.1. The van der Waals surface area contributed by atoms with Gasteiger partial charge in [-0.2, -0.15) is 0 Å². The molecule has 2 rings (SSSR count). The van der Waals surface area contributed by atoms with Gasteiger partial charge in [-0.25, -0.2) is 0 Å². The molecule has 1 aromatic heterocycles. The first-order chi connectivity index (χ1) is 9.53. The molecule has 0 saturated heterocycles. The monoisotopic (exact) mass is 274 g/mol. The summed E-state index contributed by atoms with van der Waals surface area (Å²) in [4.78, 5) is 0. The number of benzene rings is 1. The quantitative estimate of drug-likeness (QED) is 0.838. The lowest BCUT2D eigenvalue weighted by atomic mass is 9.89. The Labute approximate surface area is 121 Å². The summed E-state index contributed by atoms with van der Waals surface area (Å²) >= 11 is 0. The fourth-order valence-corrected chi connectivity index (χ4v) is 2.57. The zero-order valence-electron chi connectivity index (χ0n) is 13.1. The Bertz CT molecular complexity index is 557. The highest BCUT2D eigenvalue weighted by molar-refractivity contribution is 5.83. The largest absolute Gasteiger partial charge is 0.385 e. The molecule has 1 N–H and O–H groups in total. The predicted octanol–water partition coefficient (Wildman–Crippen LogP) is 3.33. The maximum absolute atomic E-state index is 5.17. The van der Waals surface area contributed by atoms with Crippen LogP contribution in [-0.2, 0) is 18.3 Å². The third-order valence-corrected chi connectivity index (χ3v) is 3.88. The first-order valence-corrected chi connectivity index (χ1v) is 7.26. The maximum atomic E-state index is 5.17. The molecule has 20 heavy (non-hydrogen) atoms. The van der Waals surface area contributed by atoms with Crippen molar-refractivity contribution in [2.75, 3.05) is 20.3 Å². The Morgan fingerprint density at radius 3 is 2.75 bits per heavy atom. The van der Waals surface area contributed by atoms with Gasteiger partial charge in [-0.05, 0) is 23.5 Å². The van der Waals surface area contributed by atoms with Crippen molar-refractivity contribution in [2.45, 2.75) is 26.8 Å². The number of hydrogen-bond donors (Lipinski definition) is 1. The van der Waals surface area contributed by atoms with E-state index in [1.165, 1.54) is 16.5 Å². The Morgan fingerprint density at radius 1 is 1.25 bits per heavy atom. The van der Waals surface area contributed by atoms with Crippen molar-refractivity contribution >= 4 is 10.9 Å². The molecular weight excluding hydrogens is 248 g/mol. The van der Waals surface area contributed by atoms with Crippen molar-refractivity contribution in [3.05, 3.63) is 36.0 Å². The maximum Gasteiger partial charge on any atom is 0.0481 e. The molecular formula is C17H26N2O. The van der Waals surface area contributed by atoms with E-state index in [0.29, 0.717) is 0 Å². The van der Waals surface area contributed by atoms with Crippen molar-refractivity contribution in [3.63, 3.8) is 0 Å². The summed E-state index contributed by atoms with van der Waals surface area (Å²) in [6.45, 7) is 7.30. The fraction of sp³-hybridized carbons (Fsp3) is 0.529. The Hall–Kier alpha value is -1.32. The van der Waals surface area contributed by atoms with Gasteiger partial charge in [0.25, 0.3) is 0 Å². The number of para-hydroxylation sites is 1. The van der Waals surface area contributed by atoms with Crippen LogP contribution in [0.1, 0.15) is 25.8 Å². The number of nitrogens with zero attached hydrogens (tertiary/aromatic N) is 1. The van der Waals surface area contributed by atoms with Crippen LogP contribution in [0.4, 0.5) is 0 Å². The number of hydrogen-bond acceptors (Lipinski definition) is 2. The highest BCUT2D eigenvalue weighted by atomic mass is 16.5. The van der Waals surface area contributed by atoms with Crippen LogP contribution < -0.4 is 5.32 Å². The molecule has 1 aromatic carbocycles. The summed E-state index contributed by atoms with van der Waals surface area (Å²) in [5.74, 6) is 0. The number of ether oxygens (including phenoxy) is 1. The number of rotatable bonds is 7. The third-order valence-electron chi connectivity index (χ3n) is 3.88. The molecule has 1 heterocycles. The van der Waals surface area contributed by atoms with Crippen LogP contribution in [0.2, 0.25) is 0 Å². The molecule has 0 amide bonds. The third kappa shape index (κ3) is 3.62. The van der Waals surface area contributed by atoms with E-state index < -0.39 is 0 Å². The molecule has 2 aromatic rings. The van der Waals surface area contributed by atoms with E-state index in [-0.39, 0.29) is 5.41 Å². The normalized spacial score (nSPS) is 12.2. The van der Waals surface area contributed by atoms with Crippen LogP contribution in [0.5, 0.6) is 0 Å². The molecule has 0 fully saturated rings. The first kappa shape index (κ1) is 15.1. The van der Waals surface area contributed by atoms with Gasteiger partial charge in [-0.15, -0.1) is 0 Å². The molecule has 0 spiro atoms. The van der Waals surface area contributed by atoms with Crippen LogP contribution >= 0.6 is 0 Å². The summed E-state index contributed by atoms with van der Waals surface area (Å²) in [5, 5.41) is 4.93. The second-order valence-corrected chi connectivity index (χ2v) is 6.29. The molecule has 0 bridgehead atoms. The number of fused-ring (bicyclic) bond motifs is 1. The number of methoxy groups -OCH3 is 1. The van der Waals surface area contributed by atoms with Crippen LogP contribution in [0, 0.1) is 5.41 Å². The van der Waals surface area contributed by atoms with Crippen molar-refractivity contribution < 1.29 is 4.74 Å².